The SMILES string of the molecule is COc1cc2c(cc1Cl)CCC[C@]21COc2ccc3cc2N(C[C@@H]2CC[C@@H]2C/C=C/C[C@@H]2CCCN2C(=O)C[C@]3(O)C(=O)O)C1. The Kier molecular flexibility index (Phi) is 8.01. The van der Waals surface area contributed by atoms with Crippen LogP contribution in [-0.2, 0) is 27.0 Å². The number of hydrogen-bond donors (Lipinski definition) is 2. The first-order valence-corrected chi connectivity index (χ1v) is 16.9. The summed E-state index contributed by atoms with van der Waals surface area (Å²) in [6, 6.07) is 9.32. The number of halogens is 1. The predicted molar refractivity (Wildman–Crippen MR) is 172 cm³/mol. The average Bonchev–Trinajstić information content (AvgIpc) is 3.43. The first-order chi connectivity index (χ1) is 21.7. The molecule has 7 rings (SSSR count). The molecule has 2 aromatic rings. The lowest BCUT2D eigenvalue weighted by Gasteiger charge is -2.44. The Balaban J connectivity index is 1.32. The lowest BCUT2D eigenvalue weighted by molar-refractivity contribution is -0.165. The lowest BCUT2D eigenvalue weighted by atomic mass is 9.69. The number of aryl methyl sites for hydroxylation is 1. The zero-order valence-electron chi connectivity index (χ0n) is 26.0. The topological polar surface area (TPSA) is 99.5 Å². The summed E-state index contributed by atoms with van der Waals surface area (Å²) in [6.45, 7) is 2.53. The van der Waals surface area contributed by atoms with E-state index in [1.165, 1.54) is 17.5 Å². The molecule has 240 valence electrons. The summed E-state index contributed by atoms with van der Waals surface area (Å²) in [4.78, 5) is 30.5. The Bertz CT molecular complexity index is 1530. The first-order valence-electron chi connectivity index (χ1n) is 16.5. The van der Waals surface area contributed by atoms with Crippen LogP contribution in [0.4, 0.5) is 5.69 Å². The number of carboxylic acids is 1. The number of anilines is 1. The molecule has 0 radical (unpaired) electrons. The van der Waals surface area contributed by atoms with Gasteiger partial charge in [0.25, 0.3) is 0 Å². The Hall–Kier alpha value is -3.23. The van der Waals surface area contributed by atoms with Gasteiger partial charge in [-0.05, 0) is 111 Å². The number of ether oxygens (including phenoxy) is 2. The molecular formula is C36H43ClN2O6. The number of methoxy groups -OCH3 is 1. The molecule has 1 saturated carbocycles. The Labute approximate surface area is 269 Å². The molecule has 1 spiro atoms. The number of fused-ring (bicyclic) bond motifs is 5. The minimum absolute atomic E-state index is 0.0379. The van der Waals surface area contributed by atoms with Crippen molar-refractivity contribution in [2.45, 2.75) is 81.3 Å². The van der Waals surface area contributed by atoms with Crippen molar-refractivity contribution in [3.63, 3.8) is 0 Å². The highest BCUT2D eigenvalue weighted by Crippen LogP contribution is 2.48. The van der Waals surface area contributed by atoms with Gasteiger partial charge in [0.05, 0.1) is 30.8 Å². The number of allylic oxidation sites excluding steroid dienone is 1. The molecule has 2 fully saturated rings. The van der Waals surface area contributed by atoms with E-state index in [0.717, 1.165) is 63.6 Å². The number of carboxylic acid groups (broad SMARTS) is 1. The van der Waals surface area contributed by atoms with E-state index in [2.05, 4.69) is 23.1 Å². The Morgan fingerprint density at radius 1 is 1.09 bits per heavy atom. The second-order valence-electron chi connectivity index (χ2n) is 13.9. The van der Waals surface area contributed by atoms with Gasteiger partial charge in [0, 0.05) is 31.1 Å². The zero-order valence-corrected chi connectivity index (χ0v) is 26.7. The fourth-order valence-corrected chi connectivity index (χ4v) is 8.83. The van der Waals surface area contributed by atoms with Crippen LogP contribution in [0.25, 0.3) is 0 Å². The summed E-state index contributed by atoms with van der Waals surface area (Å²) >= 11 is 6.57. The van der Waals surface area contributed by atoms with Gasteiger partial charge >= 0.3 is 5.97 Å². The van der Waals surface area contributed by atoms with Gasteiger partial charge in [-0.3, -0.25) is 4.79 Å². The third-order valence-corrected chi connectivity index (χ3v) is 11.6. The van der Waals surface area contributed by atoms with Gasteiger partial charge in [0.15, 0.2) is 5.60 Å². The van der Waals surface area contributed by atoms with Crippen molar-refractivity contribution in [2.24, 2.45) is 11.8 Å². The van der Waals surface area contributed by atoms with E-state index >= 15 is 0 Å². The summed E-state index contributed by atoms with van der Waals surface area (Å²) in [5.74, 6) is 0.621. The quantitative estimate of drug-likeness (QED) is 0.400. The lowest BCUT2D eigenvalue weighted by Crippen LogP contribution is -2.48. The number of rotatable bonds is 2. The highest BCUT2D eigenvalue weighted by Gasteiger charge is 2.46. The number of amides is 1. The van der Waals surface area contributed by atoms with E-state index in [9.17, 15) is 19.8 Å². The summed E-state index contributed by atoms with van der Waals surface area (Å²) in [5.41, 5.74) is 0.698. The van der Waals surface area contributed by atoms with Crippen molar-refractivity contribution < 1.29 is 29.3 Å². The third kappa shape index (κ3) is 5.38. The molecule has 2 N–H and O–H groups in total. The number of nitrogens with zero attached hydrogens (tertiary/aromatic N) is 2. The molecule has 2 aliphatic carbocycles. The molecular weight excluding hydrogens is 592 g/mol. The summed E-state index contributed by atoms with van der Waals surface area (Å²) in [7, 11) is 1.64. The summed E-state index contributed by atoms with van der Waals surface area (Å²) in [6.07, 6.45) is 12.7. The molecule has 9 heteroatoms. The Morgan fingerprint density at radius 3 is 2.69 bits per heavy atom. The molecule has 1 saturated heterocycles. The van der Waals surface area contributed by atoms with Crippen LogP contribution >= 0.6 is 11.6 Å². The van der Waals surface area contributed by atoms with Gasteiger partial charge < -0.3 is 29.5 Å². The average molecular weight is 635 g/mol. The van der Waals surface area contributed by atoms with E-state index in [1.807, 2.05) is 6.07 Å². The normalized spacial score (nSPS) is 32.0. The molecule has 2 bridgehead atoms. The van der Waals surface area contributed by atoms with E-state index in [1.54, 1.807) is 30.2 Å². The highest BCUT2D eigenvalue weighted by molar-refractivity contribution is 6.32. The van der Waals surface area contributed by atoms with Crippen molar-refractivity contribution in [3.8, 4) is 11.5 Å². The molecule has 0 aromatic heterocycles. The van der Waals surface area contributed by atoms with Crippen LogP contribution in [0.1, 0.15) is 74.5 Å². The van der Waals surface area contributed by atoms with Crippen LogP contribution in [-0.4, -0.2) is 66.4 Å². The maximum atomic E-state index is 13.6. The van der Waals surface area contributed by atoms with Crippen LogP contribution < -0.4 is 14.4 Å². The standard InChI is InChI=1S/C36H43ClN2O6/c1-44-32-18-28-24(16-29(32)37)7-4-14-35(28)21-38-20-25-11-10-23(25)6-2-3-8-27-9-5-15-39(27)33(40)19-36(43,34(41)42)26-12-13-31(45-22-35)30(38)17-26/h2-3,12-13,16-18,23,25,27,43H,4-11,14-15,19-22H2,1H3,(H,41,42)/b3-2+/t23-,25-,27+,35-,36+/m0/s1. The second-order valence-corrected chi connectivity index (χ2v) is 14.3. The first kappa shape index (κ1) is 30.4. The molecule has 5 atom stereocenters. The van der Waals surface area contributed by atoms with Gasteiger partial charge in [0.2, 0.25) is 5.91 Å². The minimum atomic E-state index is -2.36. The van der Waals surface area contributed by atoms with Crippen molar-refractivity contribution in [1.82, 2.24) is 4.90 Å². The molecule has 3 aliphatic heterocycles. The number of carbonyl (C=O) groups is 2. The van der Waals surface area contributed by atoms with Crippen LogP contribution in [0.15, 0.2) is 42.5 Å². The van der Waals surface area contributed by atoms with Crippen LogP contribution in [0.3, 0.4) is 0 Å². The van der Waals surface area contributed by atoms with Gasteiger partial charge in [-0.2, -0.15) is 0 Å². The molecule has 2 aromatic carbocycles. The fourth-order valence-electron chi connectivity index (χ4n) is 8.56. The van der Waals surface area contributed by atoms with E-state index < -0.39 is 18.0 Å². The summed E-state index contributed by atoms with van der Waals surface area (Å²) in [5, 5.41) is 22.8. The van der Waals surface area contributed by atoms with E-state index in [0.29, 0.717) is 48.1 Å². The van der Waals surface area contributed by atoms with Gasteiger partial charge in [-0.1, -0.05) is 29.8 Å². The zero-order chi connectivity index (χ0) is 31.3. The monoisotopic (exact) mass is 634 g/mol. The van der Waals surface area contributed by atoms with Gasteiger partial charge in [-0.15, -0.1) is 0 Å². The molecule has 3 heterocycles. The van der Waals surface area contributed by atoms with Crippen molar-refractivity contribution in [1.29, 1.82) is 0 Å². The van der Waals surface area contributed by atoms with Crippen molar-refractivity contribution in [2.75, 3.05) is 38.3 Å². The molecule has 5 aliphatic rings. The largest absolute Gasteiger partial charge is 0.495 e. The molecule has 45 heavy (non-hydrogen) atoms. The smallest absolute Gasteiger partial charge is 0.340 e. The molecule has 0 unspecified atom stereocenters. The number of hydrogen-bond acceptors (Lipinski definition) is 6. The van der Waals surface area contributed by atoms with E-state index in [-0.39, 0.29) is 22.9 Å². The highest BCUT2D eigenvalue weighted by atomic mass is 35.5. The van der Waals surface area contributed by atoms with Gasteiger partial charge in [-0.25, -0.2) is 4.79 Å². The number of aliphatic hydroxyl groups is 1. The fraction of sp³-hybridized carbons (Fsp3) is 0.556. The predicted octanol–water partition coefficient (Wildman–Crippen LogP) is 5.85. The maximum absolute atomic E-state index is 13.6. The number of carbonyl (C=O) groups excluding carboxylic acids is 1. The number of benzene rings is 2. The van der Waals surface area contributed by atoms with Crippen molar-refractivity contribution >= 4 is 29.2 Å². The Morgan fingerprint density at radius 2 is 1.91 bits per heavy atom. The maximum Gasteiger partial charge on any atom is 0.340 e. The van der Waals surface area contributed by atoms with Crippen LogP contribution in [0.5, 0.6) is 11.5 Å². The third-order valence-electron chi connectivity index (χ3n) is 11.3. The van der Waals surface area contributed by atoms with Crippen LogP contribution in [0, 0.1) is 11.8 Å². The molecule has 8 nitrogen and oxygen atoms in total. The second kappa shape index (κ2) is 11.8. The van der Waals surface area contributed by atoms with Crippen molar-refractivity contribution in [3.05, 3.63) is 64.2 Å². The van der Waals surface area contributed by atoms with Crippen LogP contribution in [0.2, 0.25) is 5.02 Å². The minimum Gasteiger partial charge on any atom is -0.495 e. The molecule has 1 amide bonds. The van der Waals surface area contributed by atoms with E-state index in [4.69, 9.17) is 21.1 Å². The van der Waals surface area contributed by atoms with Gasteiger partial charge in [0.1, 0.15) is 11.5 Å². The summed E-state index contributed by atoms with van der Waals surface area (Å²) < 4.78 is 12.3. The number of aliphatic carboxylic acids is 1.